The molecule has 0 spiro atoms. The fraction of sp³-hybridized carbons (Fsp3) is 0.533. The van der Waals surface area contributed by atoms with Gasteiger partial charge in [-0.15, -0.1) is 0 Å². The minimum absolute atomic E-state index is 0.661. The van der Waals surface area contributed by atoms with E-state index in [1.165, 1.54) is 37.6 Å². The molecule has 0 aliphatic heterocycles. The summed E-state index contributed by atoms with van der Waals surface area (Å²) in [6.07, 6.45) is 6.73. The quantitative estimate of drug-likeness (QED) is 0.806. The van der Waals surface area contributed by atoms with Gasteiger partial charge in [-0.05, 0) is 25.0 Å². The van der Waals surface area contributed by atoms with Gasteiger partial charge in [0.15, 0.2) is 0 Å². The van der Waals surface area contributed by atoms with Gasteiger partial charge >= 0.3 is 0 Å². The Labute approximate surface area is 108 Å². The van der Waals surface area contributed by atoms with Crippen LogP contribution in [0, 0.1) is 0 Å². The van der Waals surface area contributed by atoms with Gasteiger partial charge < -0.3 is 9.47 Å². The molecule has 1 heterocycles. The van der Waals surface area contributed by atoms with Gasteiger partial charge in [0.1, 0.15) is 0 Å². The van der Waals surface area contributed by atoms with Crippen LogP contribution < -0.4 is 4.90 Å². The van der Waals surface area contributed by atoms with Crippen molar-refractivity contribution in [3.05, 3.63) is 24.3 Å². The summed E-state index contributed by atoms with van der Waals surface area (Å²) in [5, 5.41) is 0. The Hall–Kier alpha value is -1.51. The molecule has 1 aliphatic carbocycles. The highest BCUT2D eigenvalue weighted by atomic mass is 15.3. The minimum Gasteiger partial charge on any atom is -0.342 e. The van der Waals surface area contributed by atoms with Crippen LogP contribution in [0.5, 0.6) is 0 Å². The molecule has 3 rings (SSSR count). The third-order valence-corrected chi connectivity index (χ3v) is 4.20. The monoisotopic (exact) mass is 243 g/mol. The van der Waals surface area contributed by atoms with Gasteiger partial charge in [-0.1, -0.05) is 31.4 Å². The van der Waals surface area contributed by atoms with Crippen molar-refractivity contribution in [2.24, 2.45) is 7.05 Å². The van der Waals surface area contributed by atoms with E-state index < -0.39 is 0 Å². The molecule has 1 fully saturated rings. The summed E-state index contributed by atoms with van der Waals surface area (Å²) in [7, 11) is 4.31. The van der Waals surface area contributed by atoms with Gasteiger partial charge in [-0.2, -0.15) is 0 Å². The van der Waals surface area contributed by atoms with Crippen LogP contribution in [0.15, 0.2) is 24.3 Å². The minimum atomic E-state index is 0.661. The van der Waals surface area contributed by atoms with E-state index in [0.717, 1.165) is 11.5 Å². The molecular weight excluding hydrogens is 222 g/mol. The zero-order valence-electron chi connectivity index (χ0n) is 11.3. The summed E-state index contributed by atoms with van der Waals surface area (Å²) in [5.41, 5.74) is 2.31. The Morgan fingerprint density at radius 2 is 1.89 bits per heavy atom. The zero-order valence-corrected chi connectivity index (χ0v) is 11.3. The summed E-state index contributed by atoms with van der Waals surface area (Å²) in [5.74, 6) is 1.10. The maximum Gasteiger partial charge on any atom is 0.206 e. The van der Waals surface area contributed by atoms with E-state index in [1.54, 1.807) is 0 Å². The summed E-state index contributed by atoms with van der Waals surface area (Å²) in [6, 6.07) is 9.02. The van der Waals surface area contributed by atoms with Crippen molar-refractivity contribution in [1.29, 1.82) is 0 Å². The SMILES string of the molecule is CN(c1nc2ccccc2n1C)C1CCCCC1. The molecule has 3 heteroatoms. The van der Waals surface area contributed by atoms with Crippen molar-refractivity contribution < 1.29 is 0 Å². The molecular formula is C15H21N3. The predicted octanol–water partition coefficient (Wildman–Crippen LogP) is 3.34. The molecule has 18 heavy (non-hydrogen) atoms. The molecule has 1 aromatic carbocycles. The first-order valence-corrected chi connectivity index (χ1v) is 6.91. The molecule has 0 radical (unpaired) electrons. The number of anilines is 1. The van der Waals surface area contributed by atoms with Crippen molar-refractivity contribution in [3.8, 4) is 0 Å². The van der Waals surface area contributed by atoms with Crippen molar-refractivity contribution >= 4 is 17.0 Å². The van der Waals surface area contributed by atoms with Crippen molar-refractivity contribution in [2.75, 3.05) is 11.9 Å². The van der Waals surface area contributed by atoms with E-state index >= 15 is 0 Å². The molecule has 1 aromatic heterocycles. The second-order valence-corrected chi connectivity index (χ2v) is 5.36. The van der Waals surface area contributed by atoms with E-state index in [0.29, 0.717) is 6.04 Å². The molecule has 0 unspecified atom stereocenters. The lowest BCUT2D eigenvalue weighted by Gasteiger charge is -2.31. The van der Waals surface area contributed by atoms with Crippen LogP contribution in [0.3, 0.4) is 0 Å². The number of imidazole rings is 1. The van der Waals surface area contributed by atoms with Gasteiger partial charge in [0.25, 0.3) is 0 Å². The number of fused-ring (bicyclic) bond motifs is 1. The van der Waals surface area contributed by atoms with Gasteiger partial charge in [0.05, 0.1) is 11.0 Å². The Bertz CT molecular complexity index is 538. The Balaban J connectivity index is 1.95. The maximum absolute atomic E-state index is 4.78. The smallest absolute Gasteiger partial charge is 0.206 e. The Morgan fingerprint density at radius 3 is 2.61 bits per heavy atom. The van der Waals surface area contributed by atoms with E-state index in [9.17, 15) is 0 Å². The van der Waals surface area contributed by atoms with Gasteiger partial charge in [0.2, 0.25) is 5.95 Å². The number of hydrogen-bond acceptors (Lipinski definition) is 2. The average Bonchev–Trinajstić information content (AvgIpc) is 2.77. The maximum atomic E-state index is 4.78. The standard InChI is InChI=1S/C15H21N3/c1-17(12-8-4-3-5-9-12)15-16-13-10-6-7-11-14(13)18(15)2/h6-7,10-12H,3-5,8-9H2,1-2H3. The summed E-state index contributed by atoms with van der Waals surface area (Å²) in [6.45, 7) is 0. The van der Waals surface area contributed by atoms with E-state index in [1.807, 2.05) is 0 Å². The second kappa shape index (κ2) is 4.63. The lowest BCUT2D eigenvalue weighted by Crippen LogP contribution is -2.34. The fourth-order valence-electron chi connectivity index (χ4n) is 3.08. The number of nitrogens with zero attached hydrogens (tertiary/aromatic N) is 3. The second-order valence-electron chi connectivity index (χ2n) is 5.36. The number of hydrogen-bond donors (Lipinski definition) is 0. The van der Waals surface area contributed by atoms with Crippen LogP contribution in [0.25, 0.3) is 11.0 Å². The number of aromatic nitrogens is 2. The number of aryl methyl sites for hydroxylation is 1. The molecule has 0 bridgehead atoms. The van der Waals surface area contributed by atoms with E-state index in [-0.39, 0.29) is 0 Å². The van der Waals surface area contributed by atoms with E-state index in [4.69, 9.17) is 4.98 Å². The van der Waals surface area contributed by atoms with Gasteiger partial charge in [-0.3, -0.25) is 0 Å². The van der Waals surface area contributed by atoms with Gasteiger partial charge in [0, 0.05) is 20.1 Å². The van der Waals surface area contributed by atoms with Crippen LogP contribution in [0.2, 0.25) is 0 Å². The number of rotatable bonds is 2. The first-order valence-electron chi connectivity index (χ1n) is 6.91. The van der Waals surface area contributed by atoms with Gasteiger partial charge in [-0.25, -0.2) is 4.98 Å². The fourth-order valence-corrected chi connectivity index (χ4v) is 3.08. The largest absolute Gasteiger partial charge is 0.342 e. The average molecular weight is 243 g/mol. The Morgan fingerprint density at radius 1 is 1.17 bits per heavy atom. The molecule has 0 saturated heterocycles. The lowest BCUT2D eigenvalue weighted by molar-refractivity contribution is 0.422. The first kappa shape index (κ1) is 11.6. The number of para-hydroxylation sites is 2. The first-order chi connectivity index (χ1) is 8.77. The summed E-state index contributed by atoms with van der Waals surface area (Å²) >= 11 is 0. The van der Waals surface area contributed by atoms with Crippen LogP contribution in [-0.2, 0) is 7.05 Å². The highest BCUT2D eigenvalue weighted by Gasteiger charge is 2.21. The molecule has 0 N–H and O–H groups in total. The van der Waals surface area contributed by atoms with Crippen molar-refractivity contribution in [1.82, 2.24) is 9.55 Å². The highest BCUT2D eigenvalue weighted by Crippen LogP contribution is 2.27. The van der Waals surface area contributed by atoms with Crippen LogP contribution in [-0.4, -0.2) is 22.6 Å². The topological polar surface area (TPSA) is 21.1 Å². The van der Waals surface area contributed by atoms with Crippen molar-refractivity contribution in [2.45, 2.75) is 38.1 Å². The summed E-state index contributed by atoms with van der Waals surface area (Å²) < 4.78 is 2.21. The molecule has 3 nitrogen and oxygen atoms in total. The molecule has 96 valence electrons. The third kappa shape index (κ3) is 1.88. The van der Waals surface area contributed by atoms with Crippen molar-refractivity contribution in [3.63, 3.8) is 0 Å². The summed E-state index contributed by atoms with van der Waals surface area (Å²) in [4.78, 5) is 7.15. The molecule has 0 amide bonds. The Kier molecular flexibility index (Phi) is 2.98. The van der Waals surface area contributed by atoms with Crippen LogP contribution in [0.1, 0.15) is 32.1 Å². The van der Waals surface area contributed by atoms with Crippen LogP contribution in [0.4, 0.5) is 5.95 Å². The lowest BCUT2D eigenvalue weighted by atomic mass is 9.95. The van der Waals surface area contributed by atoms with Crippen LogP contribution >= 0.6 is 0 Å². The third-order valence-electron chi connectivity index (χ3n) is 4.20. The zero-order chi connectivity index (χ0) is 12.5. The molecule has 1 saturated carbocycles. The molecule has 2 aromatic rings. The highest BCUT2D eigenvalue weighted by molar-refractivity contribution is 5.78. The van der Waals surface area contributed by atoms with E-state index in [2.05, 4.69) is 47.8 Å². The normalized spacial score (nSPS) is 17.2. The predicted molar refractivity (Wildman–Crippen MR) is 76.0 cm³/mol. The number of benzene rings is 1. The molecule has 0 atom stereocenters. The molecule has 1 aliphatic rings.